The molecule has 3 rings (SSSR count). The quantitative estimate of drug-likeness (QED) is 0.525. The zero-order valence-electron chi connectivity index (χ0n) is 18.0. The molecule has 0 spiro atoms. The molecule has 0 aliphatic carbocycles. The molecule has 0 aliphatic rings. The second-order valence-electron chi connectivity index (χ2n) is 7.13. The normalized spacial score (nSPS) is 12.6. The average molecular weight is 441 g/mol. The van der Waals surface area contributed by atoms with Crippen molar-refractivity contribution in [3.63, 3.8) is 0 Å². The van der Waals surface area contributed by atoms with Crippen LogP contribution in [-0.4, -0.2) is 37.8 Å². The Morgan fingerprint density at radius 1 is 0.935 bits per heavy atom. The van der Waals surface area contributed by atoms with Gasteiger partial charge in [0, 0.05) is 18.8 Å². The molecule has 0 aromatic heterocycles. The van der Waals surface area contributed by atoms with E-state index < -0.39 is 16.1 Å². The molecule has 164 valence electrons. The molecular weight excluding hydrogens is 412 g/mol. The first-order valence-electron chi connectivity index (χ1n) is 10.5. The summed E-state index contributed by atoms with van der Waals surface area (Å²) in [6.07, 6.45) is -0.173. The minimum Gasteiger partial charge on any atom is -0.481 e. The number of nitrogens with one attached hydrogen (secondary N) is 1. The van der Waals surface area contributed by atoms with Crippen molar-refractivity contribution in [3.8, 4) is 5.75 Å². The van der Waals surface area contributed by atoms with Crippen molar-refractivity contribution in [2.24, 2.45) is 0 Å². The summed E-state index contributed by atoms with van der Waals surface area (Å²) in [5.41, 5.74) is 0.518. The number of benzene rings is 3. The predicted molar refractivity (Wildman–Crippen MR) is 124 cm³/mol. The van der Waals surface area contributed by atoms with Crippen LogP contribution in [0.3, 0.4) is 0 Å². The fourth-order valence-electron chi connectivity index (χ4n) is 3.37. The lowest BCUT2D eigenvalue weighted by Crippen LogP contribution is -2.32. The average Bonchev–Trinajstić information content (AvgIpc) is 2.78. The van der Waals surface area contributed by atoms with Crippen molar-refractivity contribution in [1.82, 2.24) is 4.31 Å². The zero-order valence-corrected chi connectivity index (χ0v) is 18.9. The Labute approximate surface area is 183 Å². The fraction of sp³-hybridized carbons (Fsp3) is 0.292. The van der Waals surface area contributed by atoms with E-state index in [2.05, 4.69) is 5.32 Å². The molecule has 0 aliphatic heterocycles. The number of hydrogen-bond donors (Lipinski definition) is 1. The Morgan fingerprint density at radius 2 is 1.58 bits per heavy atom. The topological polar surface area (TPSA) is 75.7 Å². The van der Waals surface area contributed by atoms with Crippen LogP contribution >= 0.6 is 0 Å². The third-order valence-corrected chi connectivity index (χ3v) is 7.19. The number of rotatable bonds is 9. The summed E-state index contributed by atoms with van der Waals surface area (Å²) in [5.74, 6) is 0.344. The van der Waals surface area contributed by atoms with Crippen molar-refractivity contribution in [2.75, 3.05) is 18.4 Å². The highest BCUT2D eigenvalue weighted by Gasteiger charge is 2.22. The summed E-state index contributed by atoms with van der Waals surface area (Å²) in [6.45, 7) is 6.29. The molecule has 31 heavy (non-hydrogen) atoms. The maximum atomic E-state index is 12.7. The van der Waals surface area contributed by atoms with Gasteiger partial charge >= 0.3 is 0 Å². The van der Waals surface area contributed by atoms with Gasteiger partial charge in [0.05, 0.1) is 4.90 Å². The first-order chi connectivity index (χ1) is 14.9. The molecule has 0 unspecified atom stereocenters. The van der Waals surface area contributed by atoms with E-state index in [9.17, 15) is 13.2 Å². The largest absolute Gasteiger partial charge is 0.481 e. The van der Waals surface area contributed by atoms with Crippen molar-refractivity contribution in [1.29, 1.82) is 0 Å². The smallest absolute Gasteiger partial charge is 0.265 e. The van der Waals surface area contributed by atoms with Gasteiger partial charge in [-0.15, -0.1) is 0 Å². The molecule has 1 amide bonds. The highest BCUT2D eigenvalue weighted by atomic mass is 32.2. The van der Waals surface area contributed by atoms with Crippen molar-refractivity contribution < 1.29 is 17.9 Å². The molecule has 1 N–H and O–H groups in total. The second-order valence-corrected chi connectivity index (χ2v) is 9.06. The minimum absolute atomic E-state index is 0.202. The number of anilines is 1. The number of carbonyl (C=O) groups is 1. The lowest BCUT2D eigenvalue weighted by Gasteiger charge is -2.19. The zero-order chi connectivity index (χ0) is 22.4. The lowest BCUT2D eigenvalue weighted by molar-refractivity contribution is -0.122. The van der Waals surface area contributed by atoms with Crippen LogP contribution in [0.5, 0.6) is 5.75 Å². The van der Waals surface area contributed by atoms with Crippen LogP contribution in [0.25, 0.3) is 10.8 Å². The highest BCUT2D eigenvalue weighted by molar-refractivity contribution is 7.89. The van der Waals surface area contributed by atoms with Crippen LogP contribution < -0.4 is 10.1 Å². The molecule has 3 aromatic rings. The van der Waals surface area contributed by atoms with Gasteiger partial charge in [0.1, 0.15) is 5.75 Å². The third-order valence-electron chi connectivity index (χ3n) is 5.13. The highest BCUT2D eigenvalue weighted by Crippen LogP contribution is 2.23. The lowest BCUT2D eigenvalue weighted by atomic mass is 10.1. The van der Waals surface area contributed by atoms with Crippen molar-refractivity contribution in [2.45, 2.75) is 38.2 Å². The Morgan fingerprint density at radius 3 is 2.19 bits per heavy atom. The molecule has 6 nitrogen and oxygen atoms in total. The van der Waals surface area contributed by atoms with Gasteiger partial charge in [-0.05, 0) is 53.6 Å². The maximum Gasteiger partial charge on any atom is 0.265 e. The summed E-state index contributed by atoms with van der Waals surface area (Å²) in [7, 11) is -3.53. The fourth-order valence-corrected chi connectivity index (χ4v) is 4.83. The molecule has 7 heteroatoms. The summed E-state index contributed by atoms with van der Waals surface area (Å²) >= 11 is 0. The number of amides is 1. The Kier molecular flexibility index (Phi) is 7.30. The van der Waals surface area contributed by atoms with Crippen molar-refractivity contribution >= 4 is 32.4 Å². The summed E-state index contributed by atoms with van der Waals surface area (Å²) in [5, 5.41) is 4.96. The second kappa shape index (κ2) is 9.94. The number of sulfonamides is 1. The van der Waals surface area contributed by atoms with E-state index >= 15 is 0 Å². The van der Waals surface area contributed by atoms with Gasteiger partial charge in [-0.2, -0.15) is 4.31 Å². The first kappa shape index (κ1) is 22.8. The number of nitrogens with zero attached hydrogens (tertiary/aromatic N) is 1. The van der Waals surface area contributed by atoms with E-state index in [0.717, 1.165) is 10.8 Å². The van der Waals surface area contributed by atoms with Gasteiger partial charge in [-0.25, -0.2) is 8.42 Å². The minimum atomic E-state index is -3.53. The van der Waals surface area contributed by atoms with Crippen LogP contribution in [0.15, 0.2) is 71.6 Å². The number of fused-ring (bicyclic) bond motifs is 1. The van der Waals surface area contributed by atoms with E-state index in [1.807, 2.05) is 49.4 Å². The van der Waals surface area contributed by atoms with E-state index in [-0.39, 0.29) is 10.8 Å². The van der Waals surface area contributed by atoms with Crippen LogP contribution in [0.2, 0.25) is 0 Å². The number of carbonyl (C=O) groups excluding carboxylic acids is 1. The third kappa shape index (κ3) is 5.24. The van der Waals surface area contributed by atoms with Gasteiger partial charge in [0.25, 0.3) is 5.91 Å². The summed E-state index contributed by atoms with van der Waals surface area (Å²) in [4.78, 5) is 12.9. The van der Waals surface area contributed by atoms with Crippen LogP contribution in [-0.2, 0) is 14.8 Å². The molecule has 0 fully saturated rings. The summed E-state index contributed by atoms with van der Waals surface area (Å²) < 4.78 is 32.5. The number of hydrogen-bond acceptors (Lipinski definition) is 4. The predicted octanol–water partition coefficient (Wildman–Crippen LogP) is 4.67. The van der Waals surface area contributed by atoms with Gasteiger partial charge in [0.15, 0.2) is 6.10 Å². The molecule has 1 atom stereocenters. The molecule has 0 saturated heterocycles. The van der Waals surface area contributed by atoms with Gasteiger partial charge in [0.2, 0.25) is 10.0 Å². The van der Waals surface area contributed by atoms with E-state index in [0.29, 0.717) is 30.9 Å². The standard InChI is InChI=1S/C24H28N2O4S/c1-4-23(30-21-14-11-18-9-7-8-10-19(18)17-21)24(27)25-20-12-15-22(16-13-20)31(28,29)26(5-2)6-3/h7-17,23H,4-6H2,1-3H3,(H,25,27)/t23-/m0/s1. The monoisotopic (exact) mass is 440 g/mol. The Balaban J connectivity index is 1.70. The molecule has 0 heterocycles. The molecule has 3 aromatic carbocycles. The maximum absolute atomic E-state index is 12.7. The van der Waals surface area contributed by atoms with E-state index in [1.165, 1.54) is 16.4 Å². The van der Waals surface area contributed by atoms with Gasteiger partial charge in [-0.1, -0.05) is 51.1 Å². The first-order valence-corrected chi connectivity index (χ1v) is 11.9. The van der Waals surface area contributed by atoms with Crippen LogP contribution in [0, 0.1) is 0 Å². The number of ether oxygens (including phenoxy) is 1. The van der Waals surface area contributed by atoms with Crippen molar-refractivity contribution in [3.05, 3.63) is 66.7 Å². The van der Waals surface area contributed by atoms with Crippen LogP contribution in [0.4, 0.5) is 5.69 Å². The molecule has 0 radical (unpaired) electrons. The van der Waals surface area contributed by atoms with Crippen LogP contribution in [0.1, 0.15) is 27.2 Å². The van der Waals surface area contributed by atoms with E-state index in [1.54, 1.807) is 26.0 Å². The summed E-state index contributed by atoms with van der Waals surface area (Å²) in [6, 6.07) is 19.9. The SMILES string of the molecule is CC[C@H](Oc1ccc2ccccc2c1)C(=O)Nc1ccc(S(=O)(=O)N(CC)CC)cc1. The van der Waals surface area contributed by atoms with Gasteiger partial charge in [-0.3, -0.25) is 4.79 Å². The van der Waals surface area contributed by atoms with Gasteiger partial charge < -0.3 is 10.1 Å². The molecule has 0 saturated carbocycles. The van der Waals surface area contributed by atoms with E-state index in [4.69, 9.17) is 4.74 Å². The Hall–Kier alpha value is -2.90. The molecule has 0 bridgehead atoms. The molecular formula is C24H28N2O4S. The Bertz CT molecular complexity index is 1140.